The molecule has 1 atom stereocenters. The number of anilines is 1. The van der Waals surface area contributed by atoms with Gasteiger partial charge in [-0.05, 0) is 31.4 Å². The van der Waals surface area contributed by atoms with Gasteiger partial charge >= 0.3 is 0 Å². The maximum absolute atomic E-state index is 13.9. The van der Waals surface area contributed by atoms with Crippen LogP contribution in [0.15, 0.2) is 42.5 Å². The van der Waals surface area contributed by atoms with Gasteiger partial charge in [0, 0.05) is 24.3 Å². The Hall–Kier alpha value is -2.27. The van der Waals surface area contributed by atoms with Crippen LogP contribution in [-0.2, 0) is 21.0 Å². The molecule has 2 amide bonds. The van der Waals surface area contributed by atoms with Gasteiger partial charge in [0.05, 0.1) is 12.2 Å². The van der Waals surface area contributed by atoms with Crippen molar-refractivity contribution in [3.8, 4) is 0 Å². The van der Waals surface area contributed by atoms with Crippen LogP contribution < -0.4 is 4.90 Å². The van der Waals surface area contributed by atoms with Crippen LogP contribution in [0, 0.1) is 19.8 Å². The van der Waals surface area contributed by atoms with E-state index in [1.165, 1.54) is 5.56 Å². The summed E-state index contributed by atoms with van der Waals surface area (Å²) in [5.41, 5.74) is 5.30. The van der Waals surface area contributed by atoms with E-state index in [0.717, 1.165) is 28.1 Å². The Labute approximate surface area is 177 Å². The van der Waals surface area contributed by atoms with Crippen LogP contribution in [0.5, 0.6) is 0 Å². The minimum absolute atomic E-state index is 0.0123. The highest BCUT2D eigenvalue weighted by Gasteiger charge is 2.59. The van der Waals surface area contributed by atoms with Crippen LogP contribution in [0.2, 0.25) is 0 Å². The number of thioether (sulfide) groups is 1. The summed E-state index contributed by atoms with van der Waals surface area (Å²) in [6.45, 7) is 9.34. The lowest BCUT2D eigenvalue weighted by Gasteiger charge is -2.33. The number of hydrogen-bond acceptors (Lipinski definition) is 3. The van der Waals surface area contributed by atoms with E-state index in [0.29, 0.717) is 19.5 Å². The lowest BCUT2D eigenvalue weighted by Crippen LogP contribution is -2.50. The lowest BCUT2D eigenvalue weighted by molar-refractivity contribution is -0.140. The Morgan fingerprint density at radius 3 is 2.48 bits per heavy atom. The summed E-state index contributed by atoms with van der Waals surface area (Å²) < 4.78 is 0. The van der Waals surface area contributed by atoms with Gasteiger partial charge in [0.15, 0.2) is 4.87 Å². The average molecular weight is 409 g/mol. The number of nitrogens with zero attached hydrogens (tertiary/aromatic N) is 2. The molecule has 29 heavy (non-hydrogen) atoms. The van der Waals surface area contributed by atoms with Gasteiger partial charge in [-0.15, -0.1) is 11.8 Å². The van der Waals surface area contributed by atoms with Crippen LogP contribution in [0.25, 0.3) is 0 Å². The third-order valence-electron chi connectivity index (χ3n) is 5.69. The summed E-state index contributed by atoms with van der Waals surface area (Å²) in [5, 5.41) is 0. The fraction of sp³-hybridized carbons (Fsp3) is 0.417. The highest BCUT2D eigenvalue weighted by Crippen LogP contribution is 2.54. The first-order valence-electron chi connectivity index (χ1n) is 10.3. The fourth-order valence-corrected chi connectivity index (χ4v) is 5.75. The fourth-order valence-electron chi connectivity index (χ4n) is 4.28. The van der Waals surface area contributed by atoms with E-state index in [-0.39, 0.29) is 17.7 Å². The summed E-state index contributed by atoms with van der Waals surface area (Å²) in [7, 11) is 0. The molecule has 2 aromatic carbocycles. The molecule has 5 heteroatoms. The van der Waals surface area contributed by atoms with Crippen LogP contribution in [0.1, 0.15) is 42.5 Å². The van der Waals surface area contributed by atoms with Crippen molar-refractivity contribution >= 4 is 29.3 Å². The largest absolute Gasteiger partial charge is 0.315 e. The normalized spacial score (nSPS) is 20.8. The summed E-state index contributed by atoms with van der Waals surface area (Å²) in [6, 6.07) is 14.5. The van der Waals surface area contributed by atoms with Gasteiger partial charge in [0.1, 0.15) is 0 Å². The molecule has 0 bridgehead atoms. The van der Waals surface area contributed by atoms with E-state index < -0.39 is 4.87 Å². The second-order valence-corrected chi connectivity index (χ2v) is 9.82. The molecule has 1 saturated heterocycles. The molecule has 2 heterocycles. The Kier molecular flexibility index (Phi) is 5.19. The van der Waals surface area contributed by atoms with E-state index in [1.54, 1.807) is 11.8 Å². The highest BCUT2D eigenvalue weighted by atomic mass is 32.2. The summed E-state index contributed by atoms with van der Waals surface area (Å²) in [6.07, 6.45) is 0.467. The predicted molar refractivity (Wildman–Crippen MR) is 119 cm³/mol. The molecule has 2 aromatic rings. The van der Waals surface area contributed by atoms with Crippen molar-refractivity contribution in [1.82, 2.24) is 4.90 Å². The van der Waals surface area contributed by atoms with Crippen LogP contribution >= 0.6 is 11.8 Å². The number of carbonyl (C=O) groups is 2. The molecule has 0 radical (unpaired) electrons. The van der Waals surface area contributed by atoms with Crippen LogP contribution in [0.4, 0.5) is 5.69 Å². The molecule has 0 aromatic heterocycles. The minimum Gasteiger partial charge on any atom is -0.315 e. The number of aryl methyl sites for hydroxylation is 2. The number of rotatable bonds is 4. The summed E-state index contributed by atoms with van der Waals surface area (Å²) >= 11 is 1.61. The molecular formula is C24H28N2O2S. The quantitative estimate of drug-likeness (QED) is 0.741. The molecule has 4 nitrogen and oxygen atoms in total. The topological polar surface area (TPSA) is 40.6 Å². The molecule has 2 aliphatic heterocycles. The molecule has 0 aliphatic carbocycles. The zero-order valence-corrected chi connectivity index (χ0v) is 18.4. The molecular weight excluding hydrogens is 380 g/mol. The van der Waals surface area contributed by atoms with Crippen molar-refractivity contribution in [2.75, 3.05) is 17.2 Å². The van der Waals surface area contributed by atoms with Crippen molar-refractivity contribution < 1.29 is 9.59 Å². The number of amides is 2. The molecule has 152 valence electrons. The second kappa shape index (κ2) is 7.52. The number of fused-ring (bicyclic) bond motifs is 2. The van der Waals surface area contributed by atoms with Gasteiger partial charge in [-0.1, -0.05) is 61.4 Å². The Balaban J connectivity index is 1.77. The van der Waals surface area contributed by atoms with E-state index in [2.05, 4.69) is 37.3 Å². The predicted octanol–water partition coefficient (Wildman–Crippen LogP) is 4.62. The Morgan fingerprint density at radius 2 is 1.79 bits per heavy atom. The monoisotopic (exact) mass is 408 g/mol. The van der Waals surface area contributed by atoms with Gasteiger partial charge in [-0.2, -0.15) is 0 Å². The van der Waals surface area contributed by atoms with E-state index in [1.807, 2.05) is 42.7 Å². The molecule has 2 aliphatic rings. The Bertz CT molecular complexity index is 954. The average Bonchev–Trinajstić information content (AvgIpc) is 3.20. The van der Waals surface area contributed by atoms with E-state index in [9.17, 15) is 9.59 Å². The Morgan fingerprint density at radius 1 is 1.10 bits per heavy atom. The van der Waals surface area contributed by atoms with Gasteiger partial charge in [0.2, 0.25) is 5.91 Å². The highest BCUT2D eigenvalue weighted by molar-refractivity contribution is 8.01. The zero-order chi connectivity index (χ0) is 20.8. The standard InChI is InChI=1S/C24H28N2O2S/c1-16(2)13-22(27)26-11-12-29-24(26)20-14-18(4)7-10-21(20)25(23(24)28)15-19-8-5-17(3)6-9-19/h5-10,14,16H,11-13,15H2,1-4H3. The van der Waals surface area contributed by atoms with Gasteiger partial charge in [0.25, 0.3) is 5.91 Å². The molecule has 1 fully saturated rings. The van der Waals surface area contributed by atoms with Gasteiger partial charge in [-0.25, -0.2) is 0 Å². The molecule has 0 saturated carbocycles. The van der Waals surface area contributed by atoms with Crippen LogP contribution in [0.3, 0.4) is 0 Å². The molecule has 1 spiro atoms. The first-order valence-corrected chi connectivity index (χ1v) is 11.2. The van der Waals surface area contributed by atoms with Gasteiger partial charge < -0.3 is 9.80 Å². The van der Waals surface area contributed by atoms with E-state index >= 15 is 0 Å². The van der Waals surface area contributed by atoms with Crippen molar-refractivity contribution in [2.24, 2.45) is 5.92 Å². The zero-order valence-electron chi connectivity index (χ0n) is 17.6. The van der Waals surface area contributed by atoms with Gasteiger partial charge in [-0.3, -0.25) is 9.59 Å². The van der Waals surface area contributed by atoms with Crippen molar-refractivity contribution in [2.45, 2.75) is 45.5 Å². The third kappa shape index (κ3) is 3.35. The molecule has 4 rings (SSSR count). The first kappa shape index (κ1) is 20.0. The number of hydrogen-bond donors (Lipinski definition) is 0. The first-order chi connectivity index (χ1) is 13.8. The summed E-state index contributed by atoms with van der Waals surface area (Å²) in [5.74, 6) is 1.13. The van der Waals surface area contributed by atoms with Crippen LogP contribution in [-0.4, -0.2) is 29.0 Å². The van der Waals surface area contributed by atoms with E-state index in [4.69, 9.17) is 0 Å². The smallest absolute Gasteiger partial charge is 0.268 e. The number of carbonyl (C=O) groups excluding carboxylic acids is 2. The maximum atomic E-state index is 13.9. The minimum atomic E-state index is -0.919. The SMILES string of the molecule is Cc1ccc(CN2C(=O)C3(SCCN3C(=O)CC(C)C)c3cc(C)ccc32)cc1. The molecule has 1 unspecified atom stereocenters. The van der Waals surface area contributed by atoms with Crippen molar-refractivity contribution in [3.63, 3.8) is 0 Å². The molecule has 0 N–H and O–H groups in total. The summed E-state index contributed by atoms with van der Waals surface area (Å²) in [4.78, 5) is 29.8. The van der Waals surface area contributed by atoms with Crippen molar-refractivity contribution in [1.29, 1.82) is 0 Å². The van der Waals surface area contributed by atoms with Crippen molar-refractivity contribution in [3.05, 3.63) is 64.7 Å². The lowest BCUT2D eigenvalue weighted by atomic mass is 10.0. The maximum Gasteiger partial charge on any atom is 0.268 e. The second-order valence-electron chi connectivity index (χ2n) is 8.53. The number of benzene rings is 2. The third-order valence-corrected chi connectivity index (χ3v) is 7.11.